The van der Waals surface area contributed by atoms with Crippen molar-refractivity contribution in [1.29, 1.82) is 0 Å². The predicted octanol–water partition coefficient (Wildman–Crippen LogP) is 0.593. The van der Waals surface area contributed by atoms with Gasteiger partial charge in [0.25, 0.3) is 0 Å². The molecule has 138 valence electrons. The van der Waals surface area contributed by atoms with Gasteiger partial charge in [-0.25, -0.2) is 8.42 Å². The summed E-state index contributed by atoms with van der Waals surface area (Å²) < 4.78 is 31.8. The first-order valence-electron chi connectivity index (χ1n) is 7.38. The van der Waals surface area contributed by atoms with Crippen LogP contribution >= 0.6 is 23.7 Å². The summed E-state index contributed by atoms with van der Waals surface area (Å²) in [5, 5.41) is 0. The average Bonchev–Trinajstić information content (AvgIpc) is 2.86. The molecule has 1 aromatic heterocycles. The number of amides is 1. The van der Waals surface area contributed by atoms with E-state index < -0.39 is 16.1 Å². The summed E-state index contributed by atoms with van der Waals surface area (Å²) in [6, 6.07) is 1.01. The van der Waals surface area contributed by atoms with E-state index in [4.69, 9.17) is 10.5 Å². The number of piperazine rings is 1. The monoisotopic (exact) mass is 397 g/mol. The number of rotatable bonds is 5. The van der Waals surface area contributed by atoms with Gasteiger partial charge in [0.1, 0.15) is 6.04 Å². The first-order chi connectivity index (χ1) is 10.8. The number of nitrogens with two attached hydrogens (primary N) is 1. The van der Waals surface area contributed by atoms with Gasteiger partial charge in [0, 0.05) is 43.0 Å². The lowest BCUT2D eigenvalue weighted by Gasteiger charge is -2.35. The predicted molar refractivity (Wildman–Crippen MR) is 96.2 cm³/mol. The molecule has 10 heteroatoms. The first kappa shape index (κ1) is 21.3. The Morgan fingerprint density at radius 2 is 1.92 bits per heavy atom. The highest BCUT2D eigenvalue weighted by Crippen LogP contribution is 2.28. The summed E-state index contributed by atoms with van der Waals surface area (Å²) in [5.41, 5.74) is 5.75. The molecule has 0 spiro atoms. The van der Waals surface area contributed by atoms with Crippen LogP contribution in [0.4, 0.5) is 0 Å². The fraction of sp³-hybridized carbons (Fsp3) is 0.643. The topological polar surface area (TPSA) is 92.9 Å². The lowest BCUT2D eigenvalue weighted by atomic mass is 10.2. The Balaban J connectivity index is 0.00000288. The third-order valence-corrected chi connectivity index (χ3v) is 6.95. The molecule has 2 rings (SSSR count). The maximum atomic E-state index is 12.7. The zero-order valence-corrected chi connectivity index (χ0v) is 16.5. The van der Waals surface area contributed by atoms with Crippen molar-refractivity contribution in [2.45, 2.75) is 24.8 Å². The largest absolute Gasteiger partial charge is 0.383 e. The van der Waals surface area contributed by atoms with Gasteiger partial charge in [-0.3, -0.25) is 4.79 Å². The van der Waals surface area contributed by atoms with Crippen LogP contribution in [0.5, 0.6) is 0 Å². The Hall–Kier alpha value is -0.710. The van der Waals surface area contributed by atoms with Gasteiger partial charge in [-0.2, -0.15) is 4.31 Å². The van der Waals surface area contributed by atoms with Crippen molar-refractivity contribution in [1.82, 2.24) is 9.21 Å². The number of hydrogen-bond donors (Lipinski definition) is 1. The Morgan fingerprint density at radius 1 is 1.33 bits per heavy atom. The fourth-order valence-corrected chi connectivity index (χ4v) is 5.58. The zero-order chi connectivity index (χ0) is 17.2. The molecule has 0 radical (unpaired) electrons. The number of sulfonamides is 1. The molecule has 0 saturated carbocycles. The molecular weight excluding hydrogens is 374 g/mol. The van der Waals surface area contributed by atoms with Gasteiger partial charge in [-0.05, 0) is 19.9 Å². The Kier molecular flexibility index (Phi) is 7.64. The Labute approximate surface area is 153 Å². The smallest absolute Gasteiger partial charge is 0.244 e. The summed E-state index contributed by atoms with van der Waals surface area (Å²) in [4.78, 5) is 15.9. The normalized spacial score (nSPS) is 17.4. The third kappa shape index (κ3) is 4.47. The average molecular weight is 398 g/mol. The molecule has 1 aromatic rings. The van der Waals surface area contributed by atoms with Gasteiger partial charge in [-0.15, -0.1) is 23.7 Å². The molecule has 1 amide bonds. The van der Waals surface area contributed by atoms with E-state index in [1.807, 2.05) is 13.8 Å². The van der Waals surface area contributed by atoms with Crippen molar-refractivity contribution < 1.29 is 17.9 Å². The number of ether oxygens (including phenoxy) is 1. The van der Waals surface area contributed by atoms with Crippen molar-refractivity contribution in [2.75, 3.05) is 39.9 Å². The second kappa shape index (κ2) is 8.59. The zero-order valence-electron chi connectivity index (χ0n) is 14.0. The highest BCUT2D eigenvalue weighted by Gasteiger charge is 2.32. The fourth-order valence-electron chi connectivity index (χ4n) is 2.64. The molecule has 24 heavy (non-hydrogen) atoms. The summed E-state index contributed by atoms with van der Waals surface area (Å²) in [6.07, 6.45) is 0. The number of halogens is 1. The summed E-state index contributed by atoms with van der Waals surface area (Å²) in [5.74, 6) is -0.202. The van der Waals surface area contributed by atoms with Crippen LogP contribution in [-0.4, -0.2) is 69.5 Å². The maximum absolute atomic E-state index is 12.7. The molecule has 1 aliphatic rings. The standard InChI is InChI=1S/C14H23N3O4S2.ClH/c1-10-8-13(11(2)22-10)23(19,20)17-6-4-16(5-7-17)14(18)12(15)9-21-3;/h8,12H,4-7,9,15H2,1-3H3;1H. The van der Waals surface area contributed by atoms with Gasteiger partial charge >= 0.3 is 0 Å². The van der Waals surface area contributed by atoms with Crippen LogP contribution in [-0.2, 0) is 19.6 Å². The van der Waals surface area contributed by atoms with Crippen LogP contribution in [0, 0.1) is 13.8 Å². The van der Waals surface area contributed by atoms with E-state index in [-0.39, 0.29) is 38.0 Å². The molecule has 1 aliphatic heterocycles. The SMILES string of the molecule is COCC(N)C(=O)N1CCN(S(=O)(=O)c2cc(C)sc2C)CC1.Cl. The molecule has 1 saturated heterocycles. The number of hydrogen-bond acceptors (Lipinski definition) is 6. The van der Waals surface area contributed by atoms with Gasteiger partial charge in [0.05, 0.1) is 11.5 Å². The van der Waals surface area contributed by atoms with Crippen LogP contribution in [0.1, 0.15) is 9.75 Å². The highest BCUT2D eigenvalue weighted by molar-refractivity contribution is 7.89. The molecule has 1 atom stereocenters. The van der Waals surface area contributed by atoms with Crippen LogP contribution in [0.3, 0.4) is 0 Å². The number of carbonyl (C=O) groups excluding carboxylic acids is 1. The minimum atomic E-state index is -3.50. The van der Waals surface area contributed by atoms with E-state index in [2.05, 4.69) is 0 Å². The van der Waals surface area contributed by atoms with Crippen molar-refractivity contribution in [3.63, 3.8) is 0 Å². The van der Waals surface area contributed by atoms with E-state index in [0.29, 0.717) is 18.0 Å². The minimum absolute atomic E-state index is 0. The second-order valence-corrected chi connectivity index (χ2v) is 8.94. The summed E-state index contributed by atoms with van der Waals surface area (Å²) in [6.45, 7) is 5.11. The van der Waals surface area contributed by atoms with E-state index >= 15 is 0 Å². The molecule has 1 unspecified atom stereocenters. The van der Waals surface area contributed by atoms with E-state index in [0.717, 1.165) is 9.75 Å². The van der Waals surface area contributed by atoms with Gasteiger partial charge in [0.2, 0.25) is 15.9 Å². The van der Waals surface area contributed by atoms with E-state index in [1.165, 1.54) is 22.8 Å². The van der Waals surface area contributed by atoms with Crippen molar-refractivity contribution >= 4 is 39.7 Å². The third-order valence-electron chi connectivity index (χ3n) is 3.83. The number of aryl methyl sites for hydroxylation is 2. The van der Waals surface area contributed by atoms with Crippen LogP contribution in [0.2, 0.25) is 0 Å². The van der Waals surface area contributed by atoms with Crippen LogP contribution < -0.4 is 5.73 Å². The van der Waals surface area contributed by atoms with Gasteiger partial charge in [-0.1, -0.05) is 0 Å². The van der Waals surface area contributed by atoms with Crippen molar-refractivity contribution in [3.05, 3.63) is 15.8 Å². The molecule has 1 fully saturated rings. The highest BCUT2D eigenvalue weighted by atomic mass is 35.5. The number of thiophene rings is 1. The van der Waals surface area contributed by atoms with Crippen molar-refractivity contribution in [2.24, 2.45) is 5.73 Å². The molecule has 0 aromatic carbocycles. The molecule has 0 aliphatic carbocycles. The number of nitrogens with zero attached hydrogens (tertiary/aromatic N) is 2. The first-order valence-corrected chi connectivity index (χ1v) is 9.63. The molecule has 0 bridgehead atoms. The summed E-state index contributed by atoms with van der Waals surface area (Å²) in [7, 11) is -2.01. The lowest BCUT2D eigenvalue weighted by molar-refractivity contribution is -0.134. The second-order valence-electron chi connectivity index (χ2n) is 5.57. The lowest BCUT2D eigenvalue weighted by Crippen LogP contribution is -2.55. The van der Waals surface area contributed by atoms with Gasteiger partial charge in [0.15, 0.2) is 0 Å². The molecular formula is C14H24ClN3O4S2. The minimum Gasteiger partial charge on any atom is -0.383 e. The van der Waals surface area contributed by atoms with E-state index in [1.54, 1.807) is 11.0 Å². The molecule has 2 N–H and O–H groups in total. The Bertz CT molecular complexity index is 670. The van der Waals surface area contributed by atoms with Gasteiger partial charge < -0.3 is 15.4 Å². The van der Waals surface area contributed by atoms with Crippen LogP contribution in [0.25, 0.3) is 0 Å². The van der Waals surface area contributed by atoms with E-state index in [9.17, 15) is 13.2 Å². The maximum Gasteiger partial charge on any atom is 0.244 e. The molecule has 7 nitrogen and oxygen atoms in total. The van der Waals surface area contributed by atoms with Crippen LogP contribution in [0.15, 0.2) is 11.0 Å². The number of methoxy groups -OCH3 is 1. The number of carbonyl (C=O) groups is 1. The summed E-state index contributed by atoms with van der Waals surface area (Å²) >= 11 is 1.47. The van der Waals surface area contributed by atoms with Crippen molar-refractivity contribution in [3.8, 4) is 0 Å². The molecule has 2 heterocycles. The quantitative estimate of drug-likeness (QED) is 0.785. The Morgan fingerprint density at radius 3 is 2.38 bits per heavy atom.